The molecule has 5 aromatic rings. The van der Waals surface area contributed by atoms with Gasteiger partial charge in [0.1, 0.15) is 66.2 Å². The number of hydrogen-bond acceptors (Lipinski definition) is 17. The zero-order chi connectivity index (χ0) is 80.7. The first-order valence-corrected chi connectivity index (χ1v) is 38.4. The molecule has 0 saturated carbocycles. The van der Waals surface area contributed by atoms with Crippen molar-refractivity contribution < 1.29 is 77.6 Å². The molecule has 14 N–H and O–H groups in total. The van der Waals surface area contributed by atoms with Gasteiger partial charge in [-0.25, -0.2) is 0 Å². The molecule has 0 bridgehead atoms. The third kappa shape index (κ3) is 28.3. The zero-order valence-corrected chi connectivity index (χ0v) is 64.6. The van der Waals surface area contributed by atoms with Crippen molar-refractivity contribution in [1.29, 1.82) is 0 Å². The maximum absolute atomic E-state index is 15.3. The number of benzene rings is 4. The monoisotopic (exact) mass is 1550 g/mol. The number of nitrogens with one attached hydrogen (secondary N) is 11. The summed E-state index contributed by atoms with van der Waals surface area (Å²) in [7, 11) is 1.23. The van der Waals surface area contributed by atoms with Gasteiger partial charge in [-0.1, -0.05) is 106 Å². The number of halogens is 1. The summed E-state index contributed by atoms with van der Waals surface area (Å²) in [5.41, 5.74) is 1.88. The third-order valence-electron chi connectivity index (χ3n) is 19.4. The standard InChI is InChI=1S/C80H107ClN14O16/c1-48(2)41-63-74(105)90-62(22-11-12-37-83-49(3)4)80(111)95-40-16-23-67(95)77(108)89-61(34-35-69(99)100)71(102)85-39-14-10-20-59(87-76(107)65(43-51-25-30-57(81)31-26-51)92-75(106)64(86-50(5)97)44-53-24-29-54-17-7-8-18-55(54)42-53)73(104)93-66(47-96)79(110)94(6)68(45-52-27-32-58(98)33-28-52)78(109)88-60(72(103)91-63)21-9-13-38-84-70(101)56-19-15-36-82-46-56/h7-8,15,17-19,24-33,36,42,46,48-49,59-68,83,96,98H,9-14,16,20-23,34-35,37-41,43-45,47H2,1-6H3,(H,84,101)(H,85,102)(H,86,97)(H,87,107)(H,88,109)(H,89,108)(H,90,105)(H,91,103)(H,92,106)(H,93,104)(H,99,100)/t59-,60-,61-,62+,63?,64-,65-,66?,67+,68+/m1/s1. The number of unbranched alkanes of at least 4 members (excludes halogenated alkanes) is 2. The number of nitrogens with zero attached hydrogens (tertiary/aromatic N) is 3. The second-order valence-electron chi connectivity index (χ2n) is 29.1. The zero-order valence-electron chi connectivity index (χ0n) is 63.8. The fourth-order valence-corrected chi connectivity index (χ4v) is 13.5. The lowest BCUT2D eigenvalue weighted by Crippen LogP contribution is -2.61. The van der Waals surface area contributed by atoms with Crippen molar-refractivity contribution in [2.24, 2.45) is 5.92 Å². The van der Waals surface area contributed by atoms with Crippen LogP contribution < -0.4 is 58.5 Å². The number of amides is 12. The predicted molar refractivity (Wildman–Crippen MR) is 415 cm³/mol. The summed E-state index contributed by atoms with van der Waals surface area (Å²) in [6.07, 6.45) is 3.23. The van der Waals surface area contributed by atoms with Crippen LogP contribution in [-0.2, 0) is 76.8 Å². The topological polar surface area (TPSA) is 434 Å². The molecule has 2 saturated heterocycles. The highest BCUT2D eigenvalue weighted by molar-refractivity contribution is 6.30. The molecule has 7 rings (SSSR count). The van der Waals surface area contributed by atoms with Gasteiger partial charge in [-0.05, 0) is 160 Å². The number of phenols is 1. The molecule has 0 radical (unpaired) electrons. The number of aromatic hydroxyl groups is 1. The molecule has 2 fully saturated rings. The molecular weight excluding hydrogens is 1450 g/mol. The molecular formula is C80H107ClN14O16. The van der Waals surface area contributed by atoms with Gasteiger partial charge in [0.2, 0.25) is 65.0 Å². The second kappa shape index (κ2) is 44.3. The van der Waals surface area contributed by atoms with Crippen LogP contribution in [0.3, 0.4) is 0 Å². The number of pyridine rings is 1. The molecule has 2 aliphatic heterocycles. The van der Waals surface area contributed by atoms with Crippen LogP contribution in [0.5, 0.6) is 5.75 Å². The number of aromatic nitrogens is 1. The summed E-state index contributed by atoms with van der Waals surface area (Å²) in [6.45, 7) is 8.34. The van der Waals surface area contributed by atoms with Crippen molar-refractivity contribution in [1.82, 2.24) is 73.3 Å². The van der Waals surface area contributed by atoms with Gasteiger partial charge in [0, 0.05) is 82.7 Å². The quantitative estimate of drug-likeness (QED) is 0.0305. The lowest BCUT2D eigenvalue weighted by atomic mass is 9.99. The number of fused-ring (bicyclic) bond motifs is 2. The molecule has 12 amide bonds. The number of aliphatic hydroxyl groups is 1. The van der Waals surface area contributed by atoms with E-state index in [1.807, 2.05) is 70.2 Å². The molecule has 4 aromatic carbocycles. The maximum atomic E-state index is 15.3. The van der Waals surface area contributed by atoms with Crippen LogP contribution in [-0.4, -0.2) is 213 Å². The number of carbonyl (C=O) groups excluding carboxylic acids is 12. The van der Waals surface area contributed by atoms with E-state index in [1.54, 1.807) is 36.4 Å². The van der Waals surface area contributed by atoms with E-state index in [9.17, 15) is 48.9 Å². The Morgan fingerprint density at radius 1 is 0.613 bits per heavy atom. The van der Waals surface area contributed by atoms with Crippen LogP contribution in [0.15, 0.2) is 116 Å². The van der Waals surface area contributed by atoms with Gasteiger partial charge in [-0.2, -0.15) is 0 Å². The minimum absolute atomic E-state index is 0.00846. The highest BCUT2D eigenvalue weighted by Gasteiger charge is 2.42. The van der Waals surface area contributed by atoms with Crippen molar-refractivity contribution in [2.45, 2.75) is 210 Å². The van der Waals surface area contributed by atoms with E-state index in [-0.39, 0.29) is 121 Å². The maximum Gasteiger partial charge on any atom is 0.303 e. The van der Waals surface area contributed by atoms with E-state index in [0.717, 1.165) is 15.7 Å². The molecule has 2 aliphatic rings. The Morgan fingerprint density at radius 2 is 1.23 bits per heavy atom. The highest BCUT2D eigenvalue weighted by atomic mass is 35.5. The SMILES string of the molecule is CC(=O)N[C@H](Cc1ccc2ccccc2c1)C(=O)N[C@H](Cc1ccc(Cl)cc1)C(=O)N[C@@H]1CCCCNC(=O)[C@@H](CCC(=O)O)NC(=O)[C@@H]2CCCN2C(=O)[C@H](CCCCNC(C)C)NC(=O)C(CC(C)C)NC(=O)[C@@H](CCCCNC(=O)c2cccnc2)NC(=O)[C@H](Cc2ccc(O)cc2)N(C)C(=O)C(CO)NC1=O. The molecule has 0 spiro atoms. The normalized spacial score (nSPS) is 20.9. The first-order valence-electron chi connectivity index (χ1n) is 38.1. The van der Waals surface area contributed by atoms with Crippen LogP contribution in [0.1, 0.15) is 152 Å². The molecule has 0 aliphatic carbocycles. The first kappa shape index (κ1) is 87.6. The number of aliphatic hydroxyl groups excluding tert-OH is 1. The summed E-state index contributed by atoms with van der Waals surface area (Å²) in [4.78, 5) is 193. The van der Waals surface area contributed by atoms with Crippen molar-refractivity contribution in [2.75, 3.05) is 39.8 Å². The van der Waals surface area contributed by atoms with Gasteiger partial charge in [-0.15, -0.1) is 0 Å². The molecule has 2 unspecified atom stereocenters. The number of carboxylic acid groups (broad SMARTS) is 1. The summed E-state index contributed by atoms with van der Waals surface area (Å²) in [6, 6.07) is 14.1. The second-order valence-corrected chi connectivity index (χ2v) is 29.5. The van der Waals surface area contributed by atoms with E-state index in [0.29, 0.717) is 53.1 Å². The number of hydrogen-bond donors (Lipinski definition) is 14. The van der Waals surface area contributed by atoms with Crippen molar-refractivity contribution in [3.8, 4) is 5.75 Å². The van der Waals surface area contributed by atoms with E-state index in [4.69, 9.17) is 11.6 Å². The Balaban J connectivity index is 1.27. The third-order valence-corrected chi connectivity index (χ3v) is 19.6. The summed E-state index contributed by atoms with van der Waals surface area (Å²) < 4.78 is 0. The summed E-state index contributed by atoms with van der Waals surface area (Å²) in [5, 5.41) is 64.4. The van der Waals surface area contributed by atoms with Crippen LogP contribution in [0.4, 0.5) is 0 Å². The van der Waals surface area contributed by atoms with Gasteiger partial charge < -0.3 is 83.6 Å². The number of carbonyl (C=O) groups is 13. The van der Waals surface area contributed by atoms with Crippen molar-refractivity contribution in [3.63, 3.8) is 0 Å². The number of likely N-dealkylation sites (N-methyl/N-ethyl adjacent to an activating group) is 1. The Kier molecular flexibility index (Phi) is 35.0. The van der Waals surface area contributed by atoms with Crippen molar-refractivity contribution in [3.05, 3.63) is 143 Å². The van der Waals surface area contributed by atoms with Gasteiger partial charge in [0.05, 0.1) is 12.2 Å². The van der Waals surface area contributed by atoms with Gasteiger partial charge >= 0.3 is 5.97 Å². The number of rotatable bonds is 29. The first-order chi connectivity index (χ1) is 53.1. The molecule has 3 heterocycles. The number of phenolic OH excluding ortho intramolecular Hbond substituents is 1. The fourth-order valence-electron chi connectivity index (χ4n) is 13.3. The molecule has 111 heavy (non-hydrogen) atoms. The summed E-state index contributed by atoms with van der Waals surface area (Å²) in [5.74, 6) is -11.1. The highest BCUT2D eigenvalue weighted by Crippen LogP contribution is 2.24. The molecule has 10 atom stereocenters. The van der Waals surface area contributed by atoms with Gasteiger partial charge in [-0.3, -0.25) is 67.3 Å². The van der Waals surface area contributed by atoms with Gasteiger partial charge in [0.25, 0.3) is 5.91 Å². The van der Waals surface area contributed by atoms with Crippen LogP contribution in [0.25, 0.3) is 10.8 Å². The van der Waals surface area contributed by atoms with E-state index in [1.165, 1.54) is 55.5 Å². The Morgan fingerprint density at radius 3 is 1.91 bits per heavy atom. The average molecular weight is 1560 g/mol. The number of carboxylic acids is 1. The smallest absolute Gasteiger partial charge is 0.303 e. The van der Waals surface area contributed by atoms with E-state index < -0.39 is 150 Å². The number of aliphatic carboxylic acids is 1. The van der Waals surface area contributed by atoms with Crippen LogP contribution in [0.2, 0.25) is 5.02 Å². The summed E-state index contributed by atoms with van der Waals surface area (Å²) >= 11 is 6.29. The van der Waals surface area contributed by atoms with Gasteiger partial charge in [0.15, 0.2) is 0 Å². The van der Waals surface area contributed by atoms with E-state index >= 15 is 28.8 Å². The van der Waals surface area contributed by atoms with Crippen LogP contribution >= 0.6 is 11.6 Å². The molecule has 1 aromatic heterocycles. The molecule has 31 heteroatoms. The van der Waals surface area contributed by atoms with Crippen LogP contribution in [0, 0.1) is 5.92 Å². The minimum atomic E-state index is -1.86. The Hall–Kier alpha value is -10.6. The molecule has 600 valence electrons. The lowest BCUT2D eigenvalue weighted by Gasteiger charge is -2.33. The molecule has 30 nitrogen and oxygen atoms in total. The fraction of sp³-hybridized carbons (Fsp3) is 0.500. The van der Waals surface area contributed by atoms with E-state index in [2.05, 4.69) is 63.5 Å². The van der Waals surface area contributed by atoms with Crippen molar-refractivity contribution >= 4 is 99.2 Å². The Bertz CT molecular complexity index is 4000. The Labute approximate surface area is 651 Å². The average Bonchev–Trinajstić information content (AvgIpc) is 1.67. The minimum Gasteiger partial charge on any atom is -0.508 e. The largest absolute Gasteiger partial charge is 0.508 e. The lowest BCUT2D eigenvalue weighted by molar-refractivity contribution is -0.144. The predicted octanol–water partition coefficient (Wildman–Crippen LogP) is 3.31.